The number of benzene rings is 2. The van der Waals surface area contributed by atoms with Crippen LogP contribution in [0, 0.1) is 5.92 Å². The van der Waals surface area contributed by atoms with Crippen LogP contribution in [0.1, 0.15) is 44.1 Å². The molecule has 2 aromatic carbocycles. The van der Waals surface area contributed by atoms with Crippen molar-refractivity contribution in [1.29, 1.82) is 0 Å². The standard InChI is InChI=1S/C21H25BrO/c1-23-21-14-13-19(15-20(21)22)18-11-9-17(10-12-18)8-7-16-5-3-2-4-6-16/h9-16H,2-8H2,1H3. The first kappa shape index (κ1) is 16.6. The molecule has 3 rings (SSSR count). The third-order valence-electron chi connectivity index (χ3n) is 5.01. The van der Waals surface area contributed by atoms with Gasteiger partial charge >= 0.3 is 0 Å². The minimum Gasteiger partial charge on any atom is -0.496 e. The molecule has 0 radical (unpaired) electrons. The Labute approximate surface area is 148 Å². The summed E-state index contributed by atoms with van der Waals surface area (Å²) in [6.07, 6.45) is 9.79. The molecule has 0 atom stereocenters. The number of aryl methyl sites for hydroxylation is 1. The van der Waals surface area contributed by atoms with Crippen molar-refractivity contribution in [3.8, 4) is 16.9 Å². The molecule has 0 saturated heterocycles. The lowest BCUT2D eigenvalue weighted by Gasteiger charge is -2.21. The van der Waals surface area contributed by atoms with Gasteiger partial charge in [0.2, 0.25) is 0 Å². The SMILES string of the molecule is COc1ccc(-c2ccc(CCC3CCCCC3)cc2)cc1Br. The normalized spacial score (nSPS) is 15.6. The molecule has 0 unspecified atom stereocenters. The molecule has 0 aromatic heterocycles. The maximum Gasteiger partial charge on any atom is 0.133 e. The largest absolute Gasteiger partial charge is 0.496 e. The second-order valence-corrected chi connectivity index (χ2v) is 7.44. The molecule has 1 nitrogen and oxygen atoms in total. The van der Waals surface area contributed by atoms with Crippen LogP contribution in [-0.2, 0) is 6.42 Å². The zero-order chi connectivity index (χ0) is 16.1. The summed E-state index contributed by atoms with van der Waals surface area (Å²) < 4.78 is 6.30. The Morgan fingerprint density at radius 2 is 1.65 bits per heavy atom. The topological polar surface area (TPSA) is 9.23 Å². The van der Waals surface area contributed by atoms with Crippen LogP contribution in [-0.4, -0.2) is 7.11 Å². The van der Waals surface area contributed by atoms with Gasteiger partial charge in [0.1, 0.15) is 5.75 Å². The van der Waals surface area contributed by atoms with Gasteiger partial charge < -0.3 is 4.74 Å². The Morgan fingerprint density at radius 3 is 2.30 bits per heavy atom. The van der Waals surface area contributed by atoms with Crippen LogP contribution < -0.4 is 4.74 Å². The number of methoxy groups -OCH3 is 1. The summed E-state index contributed by atoms with van der Waals surface area (Å²) in [7, 11) is 1.70. The third-order valence-corrected chi connectivity index (χ3v) is 5.62. The number of hydrogen-bond donors (Lipinski definition) is 0. The smallest absolute Gasteiger partial charge is 0.133 e. The van der Waals surface area contributed by atoms with Gasteiger partial charge in [-0.25, -0.2) is 0 Å². The molecule has 0 N–H and O–H groups in total. The second-order valence-electron chi connectivity index (χ2n) is 6.59. The van der Waals surface area contributed by atoms with E-state index in [0.717, 1.165) is 16.1 Å². The molecule has 0 bridgehead atoms. The van der Waals surface area contributed by atoms with Gasteiger partial charge in [-0.1, -0.05) is 62.4 Å². The van der Waals surface area contributed by atoms with Crippen molar-refractivity contribution >= 4 is 15.9 Å². The van der Waals surface area contributed by atoms with Crippen molar-refractivity contribution in [3.63, 3.8) is 0 Å². The fraction of sp³-hybridized carbons (Fsp3) is 0.429. The first-order valence-electron chi connectivity index (χ1n) is 8.69. The van der Waals surface area contributed by atoms with Gasteiger partial charge in [0.15, 0.2) is 0 Å². The first-order chi connectivity index (χ1) is 11.3. The Bertz CT molecular complexity index is 627. The quantitative estimate of drug-likeness (QED) is 0.571. The minimum atomic E-state index is 0.873. The lowest BCUT2D eigenvalue weighted by atomic mass is 9.85. The van der Waals surface area contributed by atoms with Crippen LogP contribution in [0.2, 0.25) is 0 Å². The molecule has 0 spiro atoms. The first-order valence-corrected chi connectivity index (χ1v) is 9.48. The van der Waals surface area contributed by atoms with Crippen molar-refractivity contribution in [3.05, 3.63) is 52.5 Å². The Morgan fingerprint density at radius 1 is 0.957 bits per heavy atom. The molecule has 0 aliphatic heterocycles. The second kappa shape index (κ2) is 8.01. The minimum absolute atomic E-state index is 0.873. The summed E-state index contributed by atoms with van der Waals surface area (Å²) in [6.45, 7) is 0. The molecular weight excluding hydrogens is 348 g/mol. The van der Waals surface area contributed by atoms with Crippen molar-refractivity contribution in [1.82, 2.24) is 0 Å². The molecule has 1 fully saturated rings. The highest BCUT2D eigenvalue weighted by molar-refractivity contribution is 9.10. The van der Waals surface area contributed by atoms with E-state index in [1.165, 1.54) is 61.6 Å². The summed E-state index contributed by atoms with van der Waals surface area (Å²) in [5.74, 6) is 1.83. The molecule has 1 aliphatic rings. The van der Waals surface area contributed by atoms with E-state index in [1.54, 1.807) is 7.11 Å². The van der Waals surface area contributed by atoms with E-state index in [4.69, 9.17) is 4.74 Å². The van der Waals surface area contributed by atoms with Crippen LogP contribution >= 0.6 is 15.9 Å². The van der Waals surface area contributed by atoms with Crippen LogP contribution in [0.15, 0.2) is 46.9 Å². The number of ether oxygens (including phenoxy) is 1. The van der Waals surface area contributed by atoms with Gasteiger partial charge in [-0.2, -0.15) is 0 Å². The molecular formula is C21H25BrO. The summed E-state index contributed by atoms with van der Waals surface area (Å²) in [6, 6.07) is 15.3. The van der Waals surface area contributed by atoms with Gasteiger partial charge in [0.05, 0.1) is 11.6 Å². The predicted octanol–water partition coefficient (Wildman–Crippen LogP) is 6.64. The Hall–Kier alpha value is -1.28. The summed E-state index contributed by atoms with van der Waals surface area (Å²) in [4.78, 5) is 0. The Kier molecular flexibility index (Phi) is 5.77. The van der Waals surface area contributed by atoms with E-state index in [1.807, 2.05) is 6.07 Å². The monoisotopic (exact) mass is 372 g/mol. The molecule has 1 saturated carbocycles. The van der Waals surface area contributed by atoms with Gasteiger partial charge in [-0.15, -0.1) is 0 Å². The number of rotatable bonds is 5. The fourth-order valence-electron chi connectivity index (χ4n) is 3.56. The lowest BCUT2D eigenvalue weighted by molar-refractivity contribution is 0.339. The van der Waals surface area contributed by atoms with Crippen LogP contribution in [0.4, 0.5) is 0 Å². The zero-order valence-electron chi connectivity index (χ0n) is 13.9. The maximum atomic E-state index is 5.30. The summed E-state index contributed by atoms with van der Waals surface area (Å²) in [5, 5.41) is 0. The fourth-order valence-corrected chi connectivity index (χ4v) is 4.10. The van der Waals surface area contributed by atoms with Crippen LogP contribution in [0.5, 0.6) is 5.75 Å². The average Bonchev–Trinajstić information content (AvgIpc) is 2.61. The number of hydrogen-bond acceptors (Lipinski definition) is 1. The van der Waals surface area contributed by atoms with E-state index in [0.29, 0.717) is 0 Å². The van der Waals surface area contributed by atoms with Crippen molar-refractivity contribution < 1.29 is 4.74 Å². The average molecular weight is 373 g/mol. The molecule has 122 valence electrons. The van der Waals surface area contributed by atoms with Gasteiger partial charge in [0.25, 0.3) is 0 Å². The number of halogens is 1. The van der Waals surface area contributed by atoms with Gasteiger partial charge in [0, 0.05) is 0 Å². The van der Waals surface area contributed by atoms with E-state index < -0.39 is 0 Å². The molecule has 2 aromatic rings. The van der Waals surface area contributed by atoms with Crippen molar-refractivity contribution in [2.75, 3.05) is 7.11 Å². The predicted molar refractivity (Wildman–Crippen MR) is 101 cm³/mol. The maximum absolute atomic E-state index is 5.30. The zero-order valence-corrected chi connectivity index (χ0v) is 15.4. The van der Waals surface area contributed by atoms with E-state index in [2.05, 4.69) is 52.3 Å². The highest BCUT2D eigenvalue weighted by Crippen LogP contribution is 2.31. The highest BCUT2D eigenvalue weighted by Gasteiger charge is 2.13. The molecule has 0 amide bonds. The van der Waals surface area contributed by atoms with Crippen molar-refractivity contribution in [2.45, 2.75) is 44.9 Å². The van der Waals surface area contributed by atoms with Crippen molar-refractivity contribution in [2.24, 2.45) is 5.92 Å². The van der Waals surface area contributed by atoms with Crippen LogP contribution in [0.3, 0.4) is 0 Å². The lowest BCUT2D eigenvalue weighted by Crippen LogP contribution is -2.07. The summed E-state index contributed by atoms with van der Waals surface area (Å²) >= 11 is 3.56. The van der Waals surface area contributed by atoms with E-state index in [-0.39, 0.29) is 0 Å². The molecule has 23 heavy (non-hydrogen) atoms. The van der Waals surface area contributed by atoms with Gasteiger partial charge in [-0.3, -0.25) is 0 Å². The Balaban J connectivity index is 1.63. The highest BCUT2D eigenvalue weighted by atomic mass is 79.9. The van der Waals surface area contributed by atoms with Gasteiger partial charge in [-0.05, 0) is 63.5 Å². The molecule has 0 heterocycles. The van der Waals surface area contributed by atoms with E-state index >= 15 is 0 Å². The molecule has 2 heteroatoms. The molecule has 1 aliphatic carbocycles. The van der Waals surface area contributed by atoms with Crippen LogP contribution in [0.25, 0.3) is 11.1 Å². The summed E-state index contributed by atoms with van der Waals surface area (Å²) in [5.41, 5.74) is 3.94. The van der Waals surface area contributed by atoms with E-state index in [9.17, 15) is 0 Å². The third kappa shape index (κ3) is 4.38.